The zero-order valence-electron chi connectivity index (χ0n) is 18.7. The highest BCUT2D eigenvalue weighted by Gasteiger charge is 2.35. The molecule has 0 spiro atoms. The number of sulfonamides is 1. The Morgan fingerprint density at radius 3 is 2.59 bits per heavy atom. The Morgan fingerprint density at radius 1 is 1.06 bits per heavy atom. The van der Waals surface area contributed by atoms with Gasteiger partial charge in [-0.15, -0.1) is 0 Å². The van der Waals surface area contributed by atoms with E-state index in [1.165, 1.54) is 10.4 Å². The normalized spacial score (nSPS) is 17.5. The van der Waals surface area contributed by atoms with E-state index in [2.05, 4.69) is 20.3 Å². The summed E-state index contributed by atoms with van der Waals surface area (Å²) in [4.78, 5) is 12.8. The molecule has 7 nitrogen and oxygen atoms in total. The molecule has 3 aromatic rings. The molecular formula is C23H24F3N5O2S. The molecular weight excluding hydrogens is 467 g/mol. The minimum atomic E-state index is -4.62. The zero-order valence-corrected chi connectivity index (χ0v) is 19.5. The second kappa shape index (κ2) is 9.30. The maximum absolute atomic E-state index is 13.2. The molecule has 0 saturated carbocycles. The number of rotatable bonds is 5. The average molecular weight is 492 g/mol. The summed E-state index contributed by atoms with van der Waals surface area (Å²) < 4.78 is 66.9. The van der Waals surface area contributed by atoms with Crippen LogP contribution in [0.2, 0.25) is 0 Å². The van der Waals surface area contributed by atoms with Crippen molar-refractivity contribution in [2.45, 2.75) is 43.7 Å². The lowest BCUT2D eigenvalue weighted by molar-refractivity contribution is -0.137. The third kappa shape index (κ3) is 5.36. The molecule has 1 aromatic carbocycles. The molecule has 4 rings (SSSR count). The number of anilines is 2. The van der Waals surface area contributed by atoms with Crippen LogP contribution in [0.3, 0.4) is 0 Å². The first-order valence-corrected chi connectivity index (χ1v) is 12.2. The molecule has 1 aliphatic heterocycles. The van der Waals surface area contributed by atoms with E-state index in [9.17, 15) is 21.6 Å². The van der Waals surface area contributed by atoms with E-state index in [0.29, 0.717) is 42.1 Å². The fraction of sp³-hybridized carbons (Fsp3) is 0.348. The summed E-state index contributed by atoms with van der Waals surface area (Å²) in [5.41, 5.74) is 0.715. The van der Waals surface area contributed by atoms with Crippen LogP contribution in [0.25, 0.3) is 0 Å². The summed E-state index contributed by atoms with van der Waals surface area (Å²) in [7, 11) is -4.09. The number of nitrogens with one attached hydrogen (secondary N) is 1. The van der Waals surface area contributed by atoms with Gasteiger partial charge in [0.25, 0.3) is 0 Å². The molecule has 0 radical (unpaired) electrons. The van der Waals surface area contributed by atoms with Crippen LogP contribution >= 0.6 is 0 Å². The SMILES string of the molecule is Cc1ccnc(Nc2cc([C@@H]3CCCN(S(=O)(=O)c4cccc(C(F)(F)F)c4)C3)nc(C)n2)c1. The summed E-state index contributed by atoms with van der Waals surface area (Å²) in [6, 6.07) is 9.37. The highest BCUT2D eigenvalue weighted by atomic mass is 32.2. The number of aromatic nitrogens is 3. The molecule has 1 fully saturated rings. The minimum Gasteiger partial charge on any atom is -0.325 e. The summed E-state index contributed by atoms with van der Waals surface area (Å²) in [6.07, 6.45) is -1.67. The molecule has 0 bridgehead atoms. The van der Waals surface area contributed by atoms with E-state index in [1.807, 2.05) is 19.1 Å². The van der Waals surface area contributed by atoms with Gasteiger partial charge in [-0.3, -0.25) is 0 Å². The quantitative estimate of drug-likeness (QED) is 0.551. The van der Waals surface area contributed by atoms with Gasteiger partial charge in [0.1, 0.15) is 17.5 Å². The molecule has 0 aliphatic carbocycles. The minimum absolute atomic E-state index is 0.122. The maximum atomic E-state index is 13.2. The number of pyridine rings is 1. The number of hydrogen-bond acceptors (Lipinski definition) is 6. The average Bonchev–Trinajstić information content (AvgIpc) is 2.78. The third-order valence-electron chi connectivity index (χ3n) is 5.63. The number of alkyl halides is 3. The Kier molecular flexibility index (Phi) is 6.59. The Labute approximate surface area is 196 Å². The number of piperidine rings is 1. The highest BCUT2D eigenvalue weighted by Crippen LogP contribution is 2.34. The molecule has 1 N–H and O–H groups in total. The lowest BCUT2D eigenvalue weighted by Crippen LogP contribution is -2.39. The Morgan fingerprint density at radius 2 is 1.85 bits per heavy atom. The molecule has 34 heavy (non-hydrogen) atoms. The van der Waals surface area contributed by atoms with Gasteiger partial charge in [-0.1, -0.05) is 6.07 Å². The summed E-state index contributed by atoms with van der Waals surface area (Å²) in [5, 5.41) is 3.15. The number of benzene rings is 1. The van der Waals surface area contributed by atoms with Gasteiger partial charge >= 0.3 is 6.18 Å². The van der Waals surface area contributed by atoms with Crippen LogP contribution in [0.1, 0.15) is 41.4 Å². The first-order chi connectivity index (χ1) is 16.0. The van der Waals surface area contributed by atoms with E-state index >= 15 is 0 Å². The van der Waals surface area contributed by atoms with Gasteiger partial charge in [-0.05, 0) is 62.6 Å². The van der Waals surface area contributed by atoms with E-state index in [0.717, 1.165) is 17.7 Å². The predicted molar refractivity (Wildman–Crippen MR) is 121 cm³/mol. The second-order valence-electron chi connectivity index (χ2n) is 8.30. The summed E-state index contributed by atoms with van der Waals surface area (Å²) in [6.45, 7) is 4.05. The first kappa shape index (κ1) is 24.1. The van der Waals surface area contributed by atoms with Crippen molar-refractivity contribution in [1.29, 1.82) is 0 Å². The fourth-order valence-electron chi connectivity index (χ4n) is 3.98. The van der Waals surface area contributed by atoms with Crippen LogP contribution < -0.4 is 5.32 Å². The van der Waals surface area contributed by atoms with E-state index < -0.39 is 21.8 Å². The van der Waals surface area contributed by atoms with Crippen molar-refractivity contribution < 1.29 is 21.6 Å². The van der Waals surface area contributed by atoms with E-state index in [-0.39, 0.29) is 23.9 Å². The largest absolute Gasteiger partial charge is 0.416 e. The monoisotopic (exact) mass is 491 g/mol. The molecule has 1 aliphatic rings. The first-order valence-electron chi connectivity index (χ1n) is 10.7. The number of halogens is 3. The van der Waals surface area contributed by atoms with Crippen LogP contribution in [-0.4, -0.2) is 40.8 Å². The van der Waals surface area contributed by atoms with Crippen LogP contribution in [0.5, 0.6) is 0 Å². The topological polar surface area (TPSA) is 88.1 Å². The van der Waals surface area contributed by atoms with Gasteiger partial charge in [0.2, 0.25) is 10.0 Å². The smallest absolute Gasteiger partial charge is 0.325 e. The van der Waals surface area contributed by atoms with Crippen molar-refractivity contribution in [1.82, 2.24) is 19.3 Å². The van der Waals surface area contributed by atoms with Crippen LogP contribution in [0.4, 0.5) is 24.8 Å². The predicted octanol–water partition coefficient (Wildman–Crippen LogP) is 4.82. The van der Waals surface area contributed by atoms with Crippen LogP contribution in [0, 0.1) is 13.8 Å². The molecule has 0 unspecified atom stereocenters. The zero-order chi connectivity index (χ0) is 24.5. The lowest BCUT2D eigenvalue weighted by atomic mass is 9.96. The molecule has 3 heterocycles. The van der Waals surface area contributed by atoms with Crippen molar-refractivity contribution in [2.75, 3.05) is 18.4 Å². The van der Waals surface area contributed by atoms with Crippen molar-refractivity contribution >= 4 is 21.7 Å². The summed E-state index contributed by atoms with van der Waals surface area (Å²) in [5.74, 6) is 1.47. The van der Waals surface area contributed by atoms with Gasteiger partial charge in [0.15, 0.2) is 0 Å². The Hall–Kier alpha value is -3.05. The lowest BCUT2D eigenvalue weighted by Gasteiger charge is -2.32. The second-order valence-corrected chi connectivity index (χ2v) is 10.2. The molecule has 1 atom stereocenters. The van der Waals surface area contributed by atoms with Crippen molar-refractivity contribution in [3.63, 3.8) is 0 Å². The molecule has 2 aromatic heterocycles. The van der Waals surface area contributed by atoms with Gasteiger partial charge in [-0.25, -0.2) is 23.4 Å². The van der Waals surface area contributed by atoms with Crippen molar-refractivity contribution in [2.24, 2.45) is 0 Å². The summed E-state index contributed by atoms with van der Waals surface area (Å²) >= 11 is 0. The van der Waals surface area contributed by atoms with Crippen LogP contribution in [0.15, 0.2) is 53.6 Å². The third-order valence-corrected chi connectivity index (χ3v) is 7.49. The van der Waals surface area contributed by atoms with E-state index in [4.69, 9.17) is 0 Å². The van der Waals surface area contributed by atoms with Gasteiger partial charge in [0, 0.05) is 31.3 Å². The number of hydrogen-bond donors (Lipinski definition) is 1. The van der Waals surface area contributed by atoms with Crippen molar-refractivity contribution in [3.8, 4) is 0 Å². The van der Waals surface area contributed by atoms with Gasteiger partial charge in [0.05, 0.1) is 16.2 Å². The molecule has 0 amide bonds. The standard InChI is InChI=1S/C23H24F3N5O2S/c1-15-8-9-27-21(11-15)30-22-13-20(28-16(2)29-22)17-5-4-10-31(14-17)34(32,33)19-7-3-6-18(12-19)23(24,25)26/h3,6-9,11-13,17H,4-5,10,14H2,1-2H3,(H,27,28,29,30)/t17-/m1/s1. The van der Waals surface area contributed by atoms with Crippen LogP contribution in [-0.2, 0) is 16.2 Å². The maximum Gasteiger partial charge on any atom is 0.416 e. The molecule has 180 valence electrons. The van der Waals surface area contributed by atoms with Gasteiger partial charge < -0.3 is 5.32 Å². The Bertz CT molecular complexity index is 1300. The van der Waals surface area contributed by atoms with Gasteiger partial charge in [-0.2, -0.15) is 17.5 Å². The fourth-order valence-corrected chi connectivity index (χ4v) is 5.55. The number of aryl methyl sites for hydroxylation is 2. The molecule has 11 heteroatoms. The number of nitrogens with zero attached hydrogens (tertiary/aromatic N) is 4. The van der Waals surface area contributed by atoms with Crippen molar-refractivity contribution in [3.05, 3.63) is 71.3 Å². The molecule has 1 saturated heterocycles. The highest BCUT2D eigenvalue weighted by molar-refractivity contribution is 7.89. The Balaban J connectivity index is 1.58. The van der Waals surface area contributed by atoms with E-state index in [1.54, 1.807) is 19.2 Å².